The zero-order chi connectivity index (χ0) is 20.7. The molecule has 29 heavy (non-hydrogen) atoms. The first-order valence-electron chi connectivity index (χ1n) is 9.52. The van der Waals surface area contributed by atoms with E-state index in [1.165, 1.54) is 30.9 Å². The van der Waals surface area contributed by atoms with E-state index in [1.807, 2.05) is 0 Å². The Kier molecular flexibility index (Phi) is 9.94. The monoisotopic (exact) mass is 567 g/mol. The third-order valence-corrected chi connectivity index (χ3v) is 4.08. The minimum absolute atomic E-state index is 0. The molecule has 0 amide bonds. The molecule has 3 aromatic rings. The quantitative estimate of drug-likeness (QED) is 0.231. The predicted molar refractivity (Wildman–Crippen MR) is 116 cm³/mol. The van der Waals surface area contributed by atoms with Crippen molar-refractivity contribution in [2.45, 2.75) is 41.0 Å². The Morgan fingerprint density at radius 1 is 1.10 bits per heavy atom. The van der Waals surface area contributed by atoms with Gasteiger partial charge in [0, 0.05) is 31.6 Å². The first-order chi connectivity index (χ1) is 13.3. The Hall–Kier alpha value is -2.29. The molecule has 0 aliphatic heterocycles. The van der Waals surface area contributed by atoms with Crippen molar-refractivity contribution in [3.05, 3.63) is 77.6 Å². The molecule has 0 saturated carbocycles. The summed E-state index contributed by atoms with van der Waals surface area (Å²) in [6.07, 6.45) is 2.26. The van der Waals surface area contributed by atoms with Crippen LogP contribution in [0, 0.1) is 18.9 Å². The van der Waals surface area contributed by atoms with Crippen molar-refractivity contribution in [3.63, 3.8) is 0 Å². The number of pyridine rings is 1. The van der Waals surface area contributed by atoms with Gasteiger partial charge in [-0.25, -0.2) is 0 Å². The number of fused-ring (bicyclic) bond motifs is 1. The Bertz CT molecular complexity index is 989. The third kappa shape index (κ3) is 7.92. The molecular weight excluding hydrogens is 538 g/mol. The Balaban J connectivity index is 0.000000456. The van der Waals surface area contributed by atoms with Gasteiger partial charge in [-0.05, 0) is 43.5 Å². The van der Waals surface area contributed by atoms with E-state index in [0.29, 0.717) is 5.92 Å². The van der Waals surface area contributed by atoms with Crippen LogP contribution in [0.4, 0.5) is 0 Å². The van der Waals surface area contributed by atoms with Gasteiger partial charge in [-0.2, -0.15) is 0 Å². The summed E-state index contributed by atoms with van der Waals surface area (Å²) in [6, 6.07) is 20.3. The van der Waals surface area contributed by atoms with Gasteiger partial charge in [0.05, 0.1) is 11.3 Å². The van der Waals surface area contributed by atoms with Crippen LogP contribution < -0.4 is 0 Å². The van der Waals surface area contributed by atoms with Gasteiger partial charge in [0.15, 0.2) is 5.78 Å². The molecule has 1 heterocycles. The van der Waals surface area contributed by atoms with Crippen LogP contribution in [-0.4, -0.2) is 15.9 Å². The van der Waals surface area contributed by atoms with Crippen molar-refractivity contribution in [1.29, 1.82) is 0 Å². The number of carbonyl (C=O) groups is 1. The molecule has 0 fully saturated rings. The largest absolute Gasteiger partial charge is 0.512 e. The molecule has 1 N–H and O–H groups in total. The van der Waals surface area contributed by atoms with Crippen molar-refractivity contribution in [3.8, 4) is 11.3 Å². The fourth-order valence-corrected chi connectivity index (χ4v) is 3.01. The molecule has 2 aromatic carbocycles. The van der Waals surface area contributed by atoms with Crippen molar-refractivity contribution in [2.75, 3.05) is 0 Å². The van der Waals surface area contributed by atoms with Crippen molar-refractivity contribution < 1.29 is 30.0 Å². The maximum atomic E-state index is 10.0. The number of aliphatic hydroxyl groups is 1. The summed E-state index contributed by atoms with van der Waals surface area (Å²) in [5.41, 5.74) is 5.65. The molecule has 3 rings (SSSR count). The SMILES string of the molecule is CC(=O)/C=C(/C)O.Cc1[c-]c(-c2ccc3c(CC(C)C)cccc3n2)ccc1.[Ir]. The van der Waals surface area contributed by atoms with E-state index in [4.69, 9.17) is 10.1 Å². The molecule has 0 spiro atoms. The van der Waals surface area contributed by atoms with Gasteiger partial charge in [-0.15, -0.1) is 35.4 Å². The Morgan fingerprint density at radius 2 is 1.79 bits per heavy atom. The second-order valence-electron chi connectivity index (χ2n) is 7.42. The number of rotatable bonds is 4. The van der Waals surface area contributed by atoms with Gasteiger partial charge < -0.3 is 5.11 Å². The molecule has 155 valence electrons. The van der Waals surface area contributed by atoms with Crippen molar-refractivity contribution in [1.82, 2.24) is 4.98 Å². The maximum Gasteiger partial charge on any atom is 0.155 e. The van der Waals surface area contributed by atoms with Crippen LogP contribution in [0.5, 0.6) is 0 Å². The van der Waals surface area contributed by atoms with Gasteiger partial charge in [0.2, 0.25) is 0 Å². The molecule has 0 bridgehead atoms. The second kappa shape index (κ2) is 11.6. The normalized spacial score (nSPS) is 10.9. The zero-order valence-electron chi connectivity index (χ0n) is 17.6. The topological polar surface area (TPSA) is 50.2 Å². The molecule has 0 atom stereocenters. The minimum Gasteiger partial charge on any atom is -0.512 e. The number of benzene rings is 2. The zero-order valence-corrected chi connectivity index (χ0v) is 20.0. The molecule has 1 radical (unpaired) electrons. The molecule has 3 nitrogen and oxygen atoms in total. The summed E-state index contributed by atoms with van der Waals surface area (Å²) in [5.74, 6) is 0.591. The summed E-state index contributed by atoms with van der Waals surface area (Å²) in [7, 11) is 0. The van der Waals surface area contributed by atoms with Crippen LogP contribution in [0.1, 0.15) is 38.8 Å². The van der Waals surface area contributed by atoms with E-state index >= 15 is 0 Å². The van der Waals surface area contributed by atoms with E-state index in [2.05, 4.69) is 75.4 Å². The summed E-state index contributed by atoms with van der Waals surface area (Å²) in [6.45, 7) is 9.41. The summed E-state index contributed by atoms with van der Waals surface area (Å²) in [5, 5.41) is 9.63. The smallest absolute Gasteiger partial charge is 0.155 e. The second-order valence-corrected chi connectivity index (χ2v) is 7.42. The fourth-order valence-electron chi connectivity index (χ4n) is 3.01. The summed E-state index contributed by atoms with van der Waals surface area (Å²) in [4.78, 5) is 14.8. The minimum atomic E-state index is -0.125. The van der Waals surface area contributed by atoms with Gasteiger partial charge >= 0.3 is 0 Å². The van der Waals surface area contributed by atoms with E-state index in [9.17, 15) is 4.79 Å². The fraction of sp³-hybridized carbons (Fsp3) is 0.280. The number of ketones is 1. The van der Waals surface area contributed by atoms with E-state index in [-0.39, 0.29) is 31.6 Å². The third-order valence-electron chi connectivity index (χ3n) is 4.08. The molecule has 1 aromatic heterocycles. The standard InChI is InChI=1S/C20H20N.C5H8O2.Ir/c1-14(2)12-16-7-5-9-20-18(16)10-11-19(21-20)17-8-4-6-15(3)13-17;1-4(6)3-5(2)7;/h4-11,14H,12H2,1-3H3;3,6H,1-2H3;/q-1;;/b;4-3-;. The van der Waals surface area contributed by atoms with Crippen LogP contribution in [0.15, 0.2) is 60.4 Å². The number of nitrogens with zero attached hydrogens (tertiary/aromatic N) is 1. The van der Waals surface area contributed by atoms with Gasteiger partial charge in [-0.1, -0.05) is 45.0 Å². The van der Waals surface area contributed by atoms with Crippen molar-refractivity contribution in [2.24, 2.45) is 5.92 Å². The molecule has 0 aliphatic carbocycles. The van der Waals surface area contributed by atoms with Crippen LogP contribution in [0.2, 0.25) is 0 Å². The van der Waals surface area contributed by atoms with E-state index in [1.54, 1.807) is 0 Å². The number of hydrogen-bond donors (Lipinski definition) is 1. The van der Waals surface area contributed by atoms with Crippen molar-refractivity contribution >= 4 is 16.7 Å². The number of aromatic nitrogens is 1. The molecule has 0 saturated heterocycles. The maximum absolute atomic E-state index is 10.0. The molecular formula is C25H28IrNO2-. The number of carbonyl (C=O) groups excluding carboxylic acids is 1. The summed E-state index contributed by atoms with van der Waals surface area (Å²) >= 11 is 0. The number of aryl methyl sites for hydroxylation is 1. The van der Waals surface area contributed by atoms with E-state index in [0.717, 1.165) is 28.8 Å². The van der Waals surface area contributed by atoms with Crippen LogP contribution in [0.25, 0.3) is 22.2 Å². The number of hydrogen-bond acceptors (Lipinski definition) is 3. The Labute approximate surface area is 187 Å². The predicted octanol–water partition coefficient (Wildman–Crippen LogP) is 6.24. The summed E-state index contributed by atoms with van der Waals surface area (Å²) < 4.78 is 0. The average Bonchev–Trinajstić information content (AvgIpc) is 2.60. The number of aliphatic hydroxyl groups excluding tert-OH is 1. The van der Waals surface area contributed by atoms with Crippen LogP contribution in [0.3, 0.4) is 0 Å². The first kappa shape index (κ1) is 24.7. The number of allylic oxidation sites excluding steroid dienone is 2. The van der Waals surface area contributed by atoms with Crippen LogP contribution >= 0.6 is 0 Å². The van der Waals surface area contributed by atoms with Gasteiger partial charge in [0.1, 0.15) is 0 Å². The van der Waals surface area contributed by atoms with Gasteiger partial charge in [0.25, 0.3) is 0 Å². The molecule has 4 heteroatoms. The average molecular weight is 567 g/mol. The Morgan fingerprint density at radius 3 is 2.34 bits per heavy atom. The van der Waals surface area contributed by atoms with Crippen LogP contribution in [-0.2, 0) is 31.3 Å². The first-order valence-corrected chi connectivity index (χ1v) is 9.52. The molecule has 0 unspecified atom stereocenters. The molecule has 0 aliphatic rings. The van der Waals surface area contributed by atoms with E-state index < -0.39 is 0 Å². The van der Waals surface area contributed by atoms with Gasteiger partial charge in [-0.3, -0.25) is 9.78 Å².